The summed E-state index contributed by atoms with van der Waals surface area (Å²) in [6.07, 6.45) is 0. The van der Waals surface area contributed by atoms with Crippen LogP contribution in [0, 0.1) is 6.92 Å². The Hall–Kier alpha value is -1.44. The second kappa shape index (κ2) is 6.83. The van der Waals surface area contributed by atoms with Crippen molar-refractivity contribution in [2.45, 2.75) is 31.7 Å². The number of primary sulfonamides is 1. The molecule has 0 spiro atoms. The van der Waals surface area contributed by atoms with Crippen LogP contribution in [-0.4, -0.2) is 33.6 Å². The molecule has 0 saturated carbocycles. The third kappa shape index (κ3) is 4.59. The maximum absolute atomic E-state index is 12.1. The number of nitrogens with one attached hydrogen (secondary N) is 1. The van der Waals surface area contributed by atoms with Crippen molar-refractivity contribution in [3.8, 4) is 0 Å². The van der Waals surface area contributed by atoms with Gasteiger partial charge in [-0.15, -0.1) is 0 Å². The minimum absolute atomic E-state index is 0.0780. The van der Waals surface area contributed by atoms with Crippen LogP contribution in [0.2, 0.25) is 0 Å². The van der Waals surface area contributed by atoms with E-state index in [0.717, 1.165) is 0 Å². The quantitative estimate of drug-likeness (QED) is 0.811. The van der Waals surface area contributed by atoms with Gasteiger partial charge in [0.15, 0.2) is 0 Å². The molecule has 1 amide bonds. The van der Waals surface area contributed by atoms with Crippen molar-refractivity contribution in [3.63, 3.8) is 0 Å². The molecule has 0 aromatic heterocycles. The van der Waals surface area contributed by atoms with Gasteiger partial charge in [0.25, 0.3) is 5.91 Å². The number of carbonyl (C=O) groups is 1. The number of carbonyl (C=O) groups excluding carboxylic acids is 1. The van der Waals surface area contributed by atoms with Crippen LogP contribution in [-0.2, 0) is 14.8 Å². The summed E-state index contributed by atoms with van der Waals surface area (Å²) in [5.74, 6) is -0.347. The molecule has 6 nitrogen and oxygen atoms in total. The van der Waals surface area contributed by atoms with Crippen LogP contribution in [0.15, 0.2) is 23.1 Å². The van der Waals surface area contributed by atoms with E-state index in [9.17, 15) is 13.2 Å². The lowest BCUT2D eigenvalue weighted by Gasteiger charge is -2.15. The molecule has 0 heterocycles. The molecule has 1 aromatic carbocycles. The monoisotopic (exact) mass is 300 g/mol. The number of amides is 1. The normalized spacial score (nSPS) is 13.0. The SMILES string of the molecule is CCOCC(C)NC(=O)c1cc(S(N)(=O)=O)ccc1C. The predicted molar refractivity (Wildman–Crippen MR) is 76.0 cm³/mol. The number of rotatable bonds is 6. The van der Waals surface area contributed by atoms with Crippen LogP contribution in [0.25, 0.3) is 0 Å². The van der Waals surface area contributed by atoms with Crippen LogP contribution in [0.5, 0.6) is 0 Å². The van der Waals surface area contributed by atoms with E-state index in [4.69, 9.17) is 9.88 Å². The molecule has 7 heteroatoms. The Morgan fingerprint density at radius 2 is 2.10 bits per heavy atom. The summed E-state index contributed by atoms with van der Waals surface area (Å²) in [6.45, 7) is 6.38. The number of nitrogens with two attached hydrogens (primary N) is 1. The molecule has 1 aromatic rings. The molecule has 1 atom stereocenters. The van der Waals surface area contributed by atoms with Gasteiger partial charge in [-0.1, -0.05) is 6.07 Å². The summed E-state index contributed by atoms with van der Waals surface area (Å²) in [7, 11) is -3.82. The Morgan fingerprint density at radius 1 is 1.45 bits per heavy atom. The van der Waals surface area contributed by atoms with Gasteiger partial charge in [-0.25, -0.2) is 13.6 Å². The molecule has 112 valence electrons. The number of benzene rings is 1. The zero-order valence-corrected chi connectivity index (χ0v) is 12.7. The summed E-state index contributed by atoms with van der Waals surface area (Å²) in [5, 5.41) is 7.81. The average molecular weight is 300 g/mol. The van der Waals surface area contributed by atoms with E-state index in [-0.39, 0.29) is 16.8 Å². The highest BCUT2D eigenvalue weighted by molar-refractivity contribution is 7.89. The first-order chi connectivity index (χ1) is 9.25. The number of aryl methyl sites for hydroxylation is 1. The van der Waals surface area contributed by atoms with Crippen molar-refractivity contribution >= 4 is 15.9 Å². The molecule has 1 rings (SSSR count). The van der Waals surface area contributed by atoms with Crippen LogP contribution in [0.4, 0.5) is 0 Å². The summed E-state index contributed by atoms with van der Waals surface area (Å²) in [4.78, 5) is 12.0. The smallest absolute Gasteiger partial charge is 0.251 e. The van der Waals surface area contributed by atoms with Gasteiger partial charge < -0.3 is 10.1 Å². The predicted octanol–water partition coefficient (Wildman–Crippen LogP) is 0.797. The topological polar surface area (TPSA) is 98.5 Å². The van der Waals surface area contributed by atoms with Gasteiger partial charge >= 0.3 is 0 Å². The molecule has 0 radical (unpaired) electrons. The van der Waals surface area contributed by atoms with Crippen molar-refractivity contribution in [2.75, 3.05) is 13.2 Å². The highest BCUT2D eigenvalue weighted by Crippen LogP contribution is 2.14. The van der Waals surface area contributed by atoms with E-state index < -0.39 is 10.0 Å². The first-order valence-electron chi connectivity index (χ1n) is 6.27. The maximum atomic E-state index is 12.1. The fourth-order valence-electron chi connectivity index (χ4n) is 1.66. The lowest BCUT2D eigenvalue weighted by Crippen LogP contribution is -2.36. The minimum atomic E-state index is -3.82. The first kappa shape index (κ1) is 16.6. The second-order valence-electron chi connectivity index (χ2n) is 4.56. The Balaban J connectivity index is 2.93. The molecule has 0 aliphatic carbocycles. The van der Waals surface area contributed by atoms with E-state index in [1.807, 2.05) is 13.8 Å². The Morgan fingerprint density at radius 3 is 2.65 bits per heavy atom. The molecule has 20 heavy (non-hydrogen) atoms. The van der Waals surface area contributed by atoms with Crippen molar-refractivity contribution < 1.29 is 17.9 Å². The van der Waals surface area contributed by atoms with Crippen molar-refractivity contribution in [1.82, 2.24) is 5.32 Å². The van der Waals surface area contributed by atoms with Gasteiger partial charge in [0, 0.05) is 18.2 Å². The van der Waals surface area contributed by atoms with Crippen LogP contribution in [0.3, 0.4) is 0 Å². The van der Waals surface area contributed by atoms with E-state index in [1.165, 1.54) is 12.1 Å². The van der Waals surface area contributed by atoms with Gasteiger partial charge in [-0.2, -0.15) is 0 Å². The van der Waals surface area contributed by atoms with Gasteiger partial charge in [0.05, 0.1) is 11.5 Å². The Bertz CT molecular complexity index is 584. The zero-order chi connectivity index (χ0) is 15.3. The lowest BCUT2D eigenvalue weighted by atomic mass is 10.1. The fraction of sp³-hybridized carbons (Fsp3) is 0.462. The third-order valence-electron chi connectivity index (χ3n) is 2.73. The van der Waals surface area contributed by atoms with Gasteiger partial charge in [-0.3, -0.25) is 4.79 Å². The van der Waals surface area contributed by atoms with E-state index >= 15 is 0 Å². The number of hydrogen-bond acceptors (Lipinski definition) is 4. The average Bonchev–Trinajstić information content (AvgIpc) is 2.35. The van der Waals surface area contributed by atoms with Crippen LogP contribution >= 0.6 is 0 Å². The molecule has 0 aliphatic rings. The largest absolute Gasteiger partial charge is 0.380 e. The molecule has 0 fully saturated rings. The minimum Gasteiger partial charge on any atom is -0.380 e. The Labute approximate surface area is 119 Å². The second-order valence-corrected chi connectivity index (χ2v) is 6.12. The highest BCUT2D eigenvalue weighted by atomic mass is 32.2. The maximum Gasteiger partial charge on any atom is 0.251 e. The van der Waals surface area contributed by atoms with Crippen molar-refractivity contribution in [2.24, 2.45) is 5.14 Å². The Kier molecular flexibility index (Phi) is 5.67. The van der Waals surface area contributed by atoms with Gasteiger partial charge in [0.1, 0.15) is 0 Å². The molecule has 0 saturated heterocycles. The number of hydrogen-bond donors (Lipinski definition) is 2. The first-order valence-corrected chi connectivity index (χ1v) is 7.82. The van der Waals surface area contributed by atoms with Crippen LogP contribution in [0.1, 0.15) is 29.8 Å². The summed E-state index contributed by atoms with van der Waals surface area (Å²) < 4.78 is 27.8. The van der Waals surface area contributed by atoms with E-state index in [1.54, 1.807) is 13.0 Å². The standard InChI is InChI=1S/C13H20N2O4S/c1-4-19-8-10(3)15-13(16)12-7-11(20(14,17)18)6-5-9(12)2/h5-7,10H,4,8H2,1-3H3,(H,15,16)(H2,14,17,18). The summed E-state index contributed by atoms with van der Waals surface area (Å²) in [6, 6.07) is 4.06. The van der Waals surface area contributed by atoms with Crippen molar-refractivity contribution in [3.05, 3.63) is 29.3 Å². The van der Waals surface area contributed by atoms with Crippen molar-refractivity contribution in [1.29, 1.82) is 0 Å². The van der Waals surface area contributed by atoms with Gasteiger partial charge in [0.2, 0.25) is 10.0 Å². The summed E-state index contributed by atoms with van der Waals surface area (Å²) >= 11 is 0. The fourth-order valence-corrected chi connectivity index (χ4v) is 2.20. The molecule has 3 N–H and O–H groups in total. The molecule has 1 unspecified atom stereocenters. The van der Waals surface area contributed by atoms with E-state index in [0.29, 0.717) is 24.3 Å². The van der Waals surface area contributed by atoms with Gasteiger partial charge in [-0.05, 0) is 38.5 Å². The zero-order valence-electron chi connectivity index (χ0n) is 11.8. The van der Waals surface area contributed by atoms with Crippen LogP contribution < -0.4 is 10.5 Å². The summed E-state index contributed by atoms with van der Waals surface area (Å²) in [5.41, 5.74) is 0.971. The highest BCUT2D eigenvalue weighted by Gasteiger charge is 2.16. The molecule has 0 bridgehead atoms. The lowest BCUT2D eigenvalue weighted by molar-refractivity contribution is 0.0871. The molecule has 0 aliphatic heterocycles. The molecular weight excluding hydrogens is 280 g/mol. The molecular formula is C13H20N2O4S. The number of sulfonamides is 1. The number of ether oxygens (including phenoxy) is 1. The van der Waals surface area contributed by atoms with E-state index in [2.05, 4.69) is 5.32 Å². The third-order valence-corrected chi connectivity index (χ3v) is 3.64.